The second-order valence-corrected chi connectivity index (χ2v) is 16.2. The van der Waals surface area contributed by atoms with Crippen molar-refractivity contribution in [2.24, 2.45) is 29.6 Å². The molecule has 15 heteroatoms. The number of likely N-dealkylation sites (tertiary alicyclic amines) is 1. The first kappa shape index (κ1) is 47.9. The van der Waals surface area contributed by atoms with Crippen molar-refractivity contribution in [1.82, 2.24) is 25.3 Å². The van der Waals surface area contributed by atoms with Crippen LogP contribution in [0.15, 0.2) is 24.3 Å². The number of aliphatic carboxylic acids is 1. The van der Waals surface area contributed by atoms with E-state index in [9.17, 15) is 34.3 Å². The lowest BCUT2D eigenvalue weighted by Gasteiger charge is -2.41. The van der Waals surface area contributed by atoms with Crippen LogP contribution in [-0.4, -0.2) is 134 Å². The molecule has 0 radical (unpaired) electrons. The monoisotopic (exact) mass is 786 g/mol. The van der Waals surface area contributed by atoms with Crippen molar-refractivity contribution in [3.63, 3.8) is 0 Å². The minimum Gasteiger partial charge on any atom is -0.480 e. The van der Waals surface area contributed by atoms with Gasteiger partial charge in [0.05, 0.1) is 54.7 Å². The number of benzene rings is 1. The first-order valence-corrected chi connectivity index (χ1v) is 19.6. The van der Waals surface area contributed by atoms with E-state index in [0.29, 0.717) is 17.7 Å². The molecule has 15 nitrogen and oxygen atoms in total. The van der Waals surface area contributed by atoms with E-state index < -0.39 is 66.1 Å². The number of nitriles is 1. The lowest BCUT2D eigenvalue weighted by Crippen LogP contribution is -2.59. The summed E-state index contributed by atoms with van der Waals surface area (Å²) in [4.78, 5) is 72.8. The number of carboxylic acid groups (broad SMARTS) is 1. The molecule has 0 aliphatic carbocycles. The summed E-state index contributed by atoms with van der Waals surface area (Å²) < 4.78 is 11.8. The van der Waals surface area contributed by atoms with Crippen molar-refractivity contribution in [2.45, 2.75) is 117 Å². The fourth-order valence-electron chi connectivity index (χ4n) is 7.92. The number of nitrogens with two attached hydrogens (primary N) is 1. The number of nitrogens with one attached hydrogen (secondary N) is 2. The van der Waals surface area contributed by atoms with Gasteiger partial charge < -0.3 is 40.7 Å². The average Bonchev–Trinajstić information content (AvgIpc) is 3.57. The maximum atomic E-state index is 14.3. The van der Waals surface area contributed by atoms with Gasteiger partial charge in [-0.05, 0) is 56.0 Å². The van der Waals surface area contributed by atoms with Gasteiger partial charge in [-0.3, -0.25) is 24.1 Å². The molecule has 0 saturated carbocycles. The summed E-state index contributed by atoms with van der Waals surface area (Å²) in [6.07, 6.45) is -0.813. The minimum atomic E-state index is -1.23. The molecule has 0 spiro atoms. The molecule has 1 aliphatic heterocycles. The van der Waals surface area contributed by atoms with E-state index in [1.807, 2.05) is 60.5 Å². The van der Waals surface area contributed by atoms with Crippen LogP contribution in [0.25, 0.3) is 0 Å². The third kappa shape index (κ3) is 12.4. The number of hydrogen-bond donors (Lipinski definition) is 4. The number of nitrogens with zero attached hydrogens (tertiary/aromatic N) is 4. The smallest absolute Gasteiger partial charge is 0.326 e. The highest BCUT2D eigenvalue weighted by Gasteiger charge is 2.46. The Morgan fingerprint density at radius 2 is 1.57 bits per heavy atom. The number of ether oxygens (including phenoxy) is 2. The van der Waals surface area contributed by atoms with Gasteiger partial charge in [-0.15, -0.1) is 0 Å². The zero-order valence-corrected chi connectivity index (χ0v) is 35.4. The molecule has 5 N–H and O–H groups in total. The van der Waals surface area contributed by atoms with Crippen LogP contribution in [-0.2, 0) is 39.9 Å². The van der Waals surface area contributed by atoms with E-state index in [1.165, 1.54) is 14.2 Å². The quantitative estimate of drug-likeness (QED) is 0.133. The highest BCUT2D eigenvalue weighted by molar-refractivity contribution is 5.90. The number of amides is 4. The molecule has 1 saturated heterocycles. The molecule has 10 atom stereocenters. The molecule has 314 valence electrons. The van der Waals surface area contributed by atoms with Gasteiger partial charge in [-0.2, -0.15) is 5.26 Å². The van der Waals surface area contributed by atoms with Crippen molar-refractivity contribution in [3.05, 3.63) is 29.8 Å². The Hall–Kier alpha value is -4.26. The third-order valence-corrected chi connectivity index (χ3v) is 11.2. The van der Waals surface area contributed by atoms with Crippen LogP contribution in [0, 0.1) is 40.9 Å². The van der Waals surface area contributed by atoms with Gasteiger partial charge in [0.1, 0.15) is 12.1 Å². The zero-order valence-electron chi connectivity index (χ0n) is 35.4. The van der Waals surface area contributed by atoms with Crippen LogP contribution in [0.5, 0.6) is 0 Å². The highest BCUT2D eigenvalue weighted by Crippen LogP contribution is 2.32. The van der Waals surface area contributed by atoms with Gasteiger partial charge in [0, 0.05) is 39.9 Å². The van der Waals surface area contributed by atoms with Crippen molar-refractivity contribution in [2.75, 3.05) is 47.6 Å². The molecular weight excluding hydrogens is 718 g/mol. The number of hydrogen-bond acceptors (Lipinski definition) is 10. The van der Waals surface area contributed by atoms with Crippen molar-refractivity contribution in [1.29, 1.82) is 5.26 Å². The fourth-order valence-corrected chi connectivity index (χ4v) is 7.92. The van der Waals surface area contributed by atoms with E-state index in [-0.39, 0.29) is 61.3 Å². The second kappa shape index (κ2) is 21.9. The van der Waals surface area contributed by atoms with Gasteiger partial charge in [0.25, 0.3) is 0 Å². The van der Waals surface area contributed by atoms with Crippen molar-refractivity contribution < 1.29 is 38.6 Å². The Morgan fingerprint density at radius 1 is 0.964 bits per heavy atom. The van der Waals surface area contributed by atoms with Crippen LogP contribution < -0.4 is 16.4 Å². The average molecular weight is 786 g/mol. The van der Waals surface area contributed by atoms with Crippen LogP contribution in [0.1, 0.15) is 73.3 Å². The maximum absolute atomic E-state index is 14.3. The number of methoxy groups -OCH3 is 2. The Kier molecular flexibility index (Phi) is 18.7. The normalized spacial score (nSPS) is 20.0. The fraction of sp³-hybridized carbons (Fsp3) is 0.707. The number of likely N-dealkylation sites (N-methyl/N-ethyl adjacent to an activating group) is 2. The minimum absolute atomic E-state index is 0.00879. The maximum Gasteiger partial charge on any atom is 0.326 e. The van der Waals surface area contributed by atoms with Gasteiger partial charge in [0.2, 0.25) is 23.6 Å². The molecule has 0 aromatic heterocycles. The Morgan fingerprint density at radius 3 is 2.04 bits per heavy atom. The van der Waals surface area contributed by atoms with Crippen molar-refractivity contribution in [3.8, 4) is 6.07 Å². The standard InChI is InChI=1S/C41H67N7O8/c1-13-25(6)36(47(10)40(52)34(23(2)3)45-39(51)35(24(4)5)46(8)9)32(55-11)20-33(49)48-22-28(21-42)19-31(48)37(56-12)26(7)38(50)44-30(41(53)54)18-27-14-16-29(43)17-15-27/h14-17,23-26,28,30-32,34-37H,13,18-20,22,43H2,1-12H3,(H,44,50)(H,45,51)(H,53,54)/t25-,26+,28-,30-,31-,32+,34-,35-,36-,37+/m0/s1. The summed E-state index contributed by atoms with van der Waals surface area (Å²) in [5.41, 5.74) is 6.97. The topological polar surface area (TPSA) is 208 Å². The lowest BCUT2D eigenvalue weighted by atomic mass is 9.89. The Balaban J connectivity index is 2.36. The molecule has 1 fully saturated rings. The van der Waals surface area contributed by atoms with Crippen LogP contribution >= 0.6 is 0 Å². The van der Waals surface area contributed by atoms with Gasteiger partial charge in [-0.25, -0.2) is 4.79 Å². The van der Waals surface area contributed by atoms with E-state index >= 15 is 0 Å². The summed E-state index contributed by atoms with van der Waals surface area (Å²) in [6, 6.07) is 5.24. The predicted octanol–water partition coefficient (Wildman–Crippen LogP) is 2.78. The van der Waals surface area contributed by atoms with E-state index in [0.717, 1.165) is 0 Å². The number of nitrogen functional groups attached to an aromatic ring is 1. The number of carbonyl (C=O) groups is 5. The molecular formula is C41H67N7O8. The van der Waals surface area contributed by atoms with Gasteiger partial charge >= 0.3 is 5.97 Å². The Labute approximate surface area is 333 Å². The SMILES string of the molecule is CC[C@H](C)[C@@H]([C@@H](CC(=O)N1C[C@H](C#N)C[C@H]1[C@H](OC)[C@@H](C)C(=O)N[C@@H](Cc1ccc(N)cc1)C(=O)O)OC)N(C)C(=O)[C@@H](NC(=O)[C@H](C(C)C)N(C)C)C(C)C. The molecule has 1 heterocycles. The number of rotatable bonds is 21. The molecule has 0 unspecified atom stereocenters. The van der Waals surface area contributed by atoms with Gasteiger partial charge in [-0.1, -0.05) is 67.0 Å². The molecule has 0 bridgehead atoms. The number of carboxylic acids is 1. The molecule has 4 amide bonds. The summed E-state index contributed by atoms with van der Waals surface area (Å²) in [5, 5.41) is 25.5. The molecule has 56 heavy (non-hydrogen) atoms. The third-order valence-electron chi connectivity index (χ3n) is 11.2. The molecule has 1 aromatic carbocycles. The predicted molar refractivity (Wildman–Crippen MR) is 214 cm³/mol. The van der Waals surface area contributed by atoms with E-state index in [2.05, 4.69) is 16.7 Å². The lowest BCUT2D eigenvalue weighted by molar-refractivity contribution is -0.148. The largest absolute Gasteiger partial charge is 0.480 e. The zero-order chi connectivity index (χ0) is 42.6. The Bertz CT molecular complexity index is 1510. The molecule has 1 aliphatic rings. The summed E-state index contributed by atoms with van der Waals surface area (Å²) in [7, 11) is 8.24. The van der Waals surface area contributed by atoms with Crippen LogP contribution in [0.4, 0.5) is 5.69 Å². The molecule has 2 rings (SSSR count). The number of carbonyl (C=O) groups excluding carboxylic acids is 4. The van der Waals surface area contributed by atoms with Crippen molar-refractivity contribution >= 4 is 35.3 Å². The summed E-state index contributed by atoms with van der Waals surface area (Å²) in [5.74, 6) is -4.42. The van der Waals surface area contributed by atoms with Crippen LogP contribution in [0.2, 0.25) is 0 Å². The summed E-state index contributed by atoms with van der Waals surface area (Å²) >= 11 is 0. The van der Waals surface area contributed by atoms with Crippen LogP contribution in [0.3, 0.4) is 0 Å². The molecule has 1 aromatic rings. The summed E-state index contributed by atoms with van der Waals surface area (Å²) in [6.45, 7) is 13.3. The first-order chi connectivity index (χ1) is 26.2. The first-order valence-electron chi connectivity index (χ1n) is 19.6. The highest BCUT2D eigenvalue weighted by atomic mass is 16.5. The second-order valence-electron chi connectivity index (χ2n) is 16.2. The van der Waals surface area contributed by atoms with Gasteiger partial charge in [0.15, 0.2) is 0 Å². The number of anilines is 1. The van der Waals surface area contributed by atoms with E-state index in [1.54, 1.807) is 48.0 Å². The van der Waals surface area contributed by atoms with E-state index in [4.69, 9.17) is 15.2 Å².